The van der Waals surface area contributed by atoms with Crippen LogP contribution in [0.15, 0.2) is 36.7 Å². The first-order chi connectivity index (χ1) is 7.74. The van der Waals surface area contributed by atoms with Crippen molar-refractivity contribution < 1.29 is 0 Å². The number of H-pyrrole nitrogens is 1. The molecule has 1 heterocycles. The average molecular weight is 236 g/mol. The molecule has 2 rings (SSSR count). The van der Waals surface area contributed by atoms with Gasteiger partial charge in [0.2, 0.25) is 0 Å². The molecule has 2 N–H and O–H groups in total. The van der Waals surface area contributed by atoms with Gasteiger partial charge >= 0.3 is 0 Å². The molecule has 2 aromatic rings. The van der Waals surface area contributed by atoms with E-state index < -0.39 is 0 Å². The van der Waals surface area contributed by atoms with E-state index in [0.717, 1.165) is 17.1 Å². The maximum atomic E-state index is 5.84. The minimum atomic E-state index is 0.360. The van der Waals surface area contributed by atoms with Gasteiger partial charge in [-0.05, 0) is 31.0 Å². The molecule has 0 aliphatic rings. The molecule has 0 bridgehead atoms. The molecule has 3 nitrogen and oxygen atoms in total. The highest BCUT2D eigenvalue weighted by Crippen LogP contribution is 2.13. The molecule has 0 aliphatic heterocycles. The molecule has 0 saturated heterocycles. The van der Waals surface area contributed by atoms with E-state index in [9.17, 15) is 0 Å². The summed E-state index contributed by atoms with van der Waals surface area (Å²) in [5, 5.41) is 10.8. The van der Waals surface area contributed by atoms with Gasteiger partial charge in [0.15, 0.2) is 0 Å². The number of hydrogen-bond acceptors (Lipinski definition) is 2. The lowest BCUT2D eigenvalue weighted by molar-refractivity contribution is 0.790. The molecular weight excluding hydrogens is 222 g/mol. The van der Waals surface area contributed by atoms with Crippen LogP contribution in [0, 0.1) is 0 Å². The Balaban J connectivity index is 1.92. The molecule has 0 spiro atoms. The maximum Gasteiger partial charge on any atom is 0.0725 e. The molecule has 1 atom stereocenters. The zero-order valence-electron chi connectivity index (χ0n) is 9.07. The molecule has 16 heavy (non-hydrogen) atoms. The summed E-state index contributed by atoms with van der Waals surface area (Å²) in [4.78, 5) is 0. The van der Waals surface area contributed by atoms with Gasteiger partial charge in [0.25, 0.3) is 0 Å². The van der Waals surface area contributed by atoms with Gasteiger partial charge < -0.3 is 5.32 Å². The molecule has 1 aromatic carbocycles. The summed E-state index contributed by atoms with van der Waals surface area (Å²) in [6, 6.07) is 8.30. The van der Waals surface area contributed by atoms with Crippen LogP contribution >= 0.6 is 11.6 Å². The molecule has 0 radical (unpaired) electrons. The van der Waals surface area contributed by atoms with Crippen molar-refractivity contribution in [3.63, 3.8) is 0 Å². The summed E-state index contributed by atoms with van der Waals surface area (Å²) < 4.78 is 0. The van der Waals surface area contributed by atoms with Crippen molar-refractivity contribution >= 4 is 17.3 Å². The van der Waals surface area contributed by atoms with Crippen LogP contribution in [-0.2, 0) is 6.42 Å². The Morgan fingerprint density at radius 1 is 1.38 bits per heavy atom. The van der Waals surface area contributed by atoms with Gasteiger partial charge in [-0.1, -0.05) is 23.7 Å². The second-order valence-electron chi connectivity index (χ2n) is 3.86. The van der Waals surface area contributed by atoms with Crippen molar-refractivity contribution in [2.24, 2.45) is 0 Å². The third-order valence-corrected chi connectivity index (χ3v) is 2.62. The van der Waals surface area contributed by atoms with E-state index in [1.54, 1.807) is 6.20 Å². The van der Waals surface area contributed by atoms with E-state index in [2.05, 4.69) is 34.6 Å². The Bertz CT molecular complexity index is 422. The molecule has 0 amide bonds. The molecular formula is C12H14ClN3. The molecule has 84 valence electrons. The van der Waals surface area contributed by atoms with Crippen LogP contribution in [0.2, 0.25) is 5.02 Å². The SMILES string of the molecule is CC(Cc1ccc(Cl)cc1)Nc1cn[nH]c1. The normalized spacial score (nSPS) is 12.4. The fourth-order valence-electron chi connectivity index (χ4n) is 1.64. The number of aromatic amines is 1. The predicted molar refractivity (Wildman–Crippen MR) is 66.8 cm³/mol. The lowest BCUT2D eigenvalue weighted by atomic mass is 10.1. The second kappa shape index (κ2) is 5.03. The number of aromatic nitrogens is 2. The van der Waals surface area contributed by atoms with Crippen molar-refractivity contribution in [3.8, 4) is 0 Å². The first-order valence-electron chi connectivity index (χ1n) is 5.24. The van der Waals surface area contributed by atoms with Crippen molar-refractivity contribution in [2.75, 3.05) is 5.32 Å². The van der Waals surface area contributed by atoms with E-state index in [1.165, 1.54) is 5.56 Å². The van der Waals surface area contributed by atoms with Gasteiger partial charge in [0.05, 0.1) is 11.9 Å². The van der Waals surface area contributed by atoms with Crippen LogP contribution in [-0.4, -0.2) is 16.2 Å². The van der Waals surface area contributed by atoms with Crippen molar-refractivity contribution in [2.45, 2.75) is 19.4 Å². The quantitative estimate of drug-likeness (QED) is 0.855. The number of anilines is 1. The third-order valence-electron chi connectivity index (χ3n) is 2.37. The summed E-state index contributed by atoms with van der Waals surface area (Å²) in [7, 11) is 0. The van der Waals surface area contributed by atoms with E-state index in [0.29, 0.717) is 6.04 Å². The molecule has 0 saturated carbocycles. The summed E-state index contributed by atoms with van der Waals surface area (Å²) in [5.41, 5.74) is 2.29. The lowest BCUT2D eigenvalue weighted by Crippen LogP contribution is -2.17. The lowest BCUT2D eigenvalue weighted by Gasteiger charge is -2.13. The molecule has 0 aliphatic carbocycles. The smallest absolute Gasteiger partial charge is 0.0725 e. The number of rotatable bonds is 4. The topological polar surface area (TPSA) is 40.7 Å². The van der Waals surface area contributed by atoms with E-state index in [-0.39, 0.29) is 0 Å². The second-order valence-corrected chi connectivity index (χ2v) is 4.30. The van der Waals surface area contributed by atoms with Gasteiger partial charge in [-0.3, -0.25) is 5.10 Å². The fourth-order valence-corrected chi connectivity index (χ4v) is 1.77. The summed E-state index contributed by atoms with van der Waals surface area (Å²) in [6.07, 6.45) is 4.58. The Morgan fingerprint density at radius 2 is 2.12 bits per heavy atom. The van der Waals surface area contributed by atoms with Crippen molar-refractivity contribution in [3.05, 3.63) is 47.2 Å². The number of benzene rings is 1. The Morgan fingerprint density at radius 3 is 2.75 bits per heavy atom. The van der Waals surface area contributed by atoms with Gasteiger partial charge in [0.1, 0.15) is 0 Å². The number of nitrogens with zero attached hydrogens (tertiary/aromatic N) is 1. The van der Waals surface area contributed by atoms with E-state index in [4.69, 9.17) is 11.6 Å². The number of hydrogen-bond donors (Lipinski definition) is 2. The Hall–Kier alpha value is -1.48. The van der Waals surface area contributed by atoms with Crippen LogP contribution in [0.5, 0.6) is 0 Å². The maximum absolute atomic E-state index is 5.84. The summed E-state index contributed by atoms with van der Waals surface area (Å²) in [5.74, 6) is 0. The van der Waals surface area contributed by atoms with Gasteiger partial charge in [0, 0.05) is 17.3 Å². The van der Waals surface area contributed by atoms with Crippen molar-refractivity contribution in [1.82, 2.24) is 10.2 Å². The minimum Gasteiger partial charge on any atom is -0.380 e. The van der Waals surface area contributed by atoms with Gasteiger partial charge in [-0.2, -0.15) is 5.10 Å². The summed E-state index contributed by atoms with van der Waals surface area (Å²) >= 11 is 5.84. The standard InChI is InChI=1S/C12H14ClN3/c1-9(16-12-7-14-15-8-12)6-10-2-4-11(13)5-3-10/h2-5,7-9,16H,6H2,1H3,(H,14,15). The van der Waals surface area contributed by atoms with Gasteiger partial charge in [-0.25, -0.2) is 0 Å². The zero-order chi connectivity index (χ0) is 11.4. The minimum absolute atomic E-state index is 0.360. The highest BCUT2D eigenvalue weighted by molar-refractivity contribution is 6.30. The van der Waals surface area contributed by atoms with E-state index >= 15 is 0 Å². The van der Waals surface area contributed by atoms with Crippen LogP contribution in [0.4, 0.5) is 5.69 Å². The molecule has 0 fully saturated rings. The summed E-state index contributed by atoms with van der Waals surface area (Å²) in [6.45, 7) is 2.14. The zero-order valence-corrected chi connectivity index (χ0v) is 9.83. The molecule has 1 unspecified atom stereocenters. The average Bonchev–Trinajstić information content (AvgIpc) is 2.74. The van der Waals surface area contributed by atoms with Crippen LogP contribution in [0.1, 0.15) is 12.5 Å². The molecule has 1 aromatic heterocycles. The van der Waals surface area contributed by atoms with E-state index in [1.807, 2.05) is 18.3 Å². The predicted octanol–water partition coefficient (Wildman–Crippen LogP) is 3.11. The Kier molecular flexibility index (Phi) is 3.47. The first kappa shape index (κ1) is 11.0. The van der Waals surface area contributed by atoms with Crippen LogP contribution in [0.3, 0.4) is 0 Å². The largest absolute Gasteiger partial charge is 0.380 e. The Labute approximate surface area is 99.8 Å². The number of nitrogens with one attached hydrogen (secondary N) is 2. The highest BCUT2D eigenvalue weighted by atomic mass is 35.5. The first-order valence-corrected chi connectivity index (χ1v) is 5.61. The van der Waals surface area contributed by atoms with Crippen LogP contribution < -0.4 is 5.32 Å². The third kappa shape index (κ3) is 3.00. The number of halogens is 1. The molecule has 4 heteroatoms. The van der Waals surface area contributed by atoms with Crippen molar-refractivity contribution in [1.29, 1.82) is 0 Å². The van der Waals surface area contributed by atoms with Gasteiger partial charge in [-0.15, -0.1) is 0 Å². The fraction of sp³-hybridized carbons (Fsp3) is 0.250. The highest BCUT2D eigenvalue weighted by Gasteiger charge is 2.04. The monoisotopic (exact) mass is 235 g/mol. The van der Waals surface area contributed by atoms with Crippen LogP contribution in [0.25, 0.3) is 0 Å².